The lowest BCUT2D eigenvalue weighted by molar-refractivity contribution is 1.17. The van der Waals surface area contributed by atoms with Crippen LogP contribution in [0.25, 0.3) is 38.6 Å². The van der Waals surface area contributed by atoms with Crippen LogP contribution in [0.4, 0.5) is 0 Å². The monoisotopic (exact) mass is 770 g/mol. The molecule has 5 aromatic carbocycles. The van der Waals surface area contributed by atoms with Gasteiger partial charge in [0.25, 0.3) is 0 Å². The summed E-state index contributed by atoms with van der Waals surface area (Å²) in [4.78, 5) is 15.0. The lowest BCUT2D eigenvalue weighted by Gasteiger charge is -2.13. The van der Waals surface area contributed by atoms with E-state index in [0.717, 1.165) is 94.8 Å². The number of nitrogens with zero attached hydrogens (tertiary/aromatic N) is 3. The summed E-state index contributed by atoms with van der Waals surface area (Å²) in [5.74, 6) is 0. The molecule has 3 aliphatic heterocycles. The molecule has 0 unspecified atom stereocenters. The molecule has 1 N–H and O–H groups in total. The van der Waals surface area contributed by atoms with E-state index >= 15 is 0 Å². The summed E-state index contributed by atoms with van der Waals surface area (Å²) in [5.41, 5.74) is 20.4. The molecule has 0 radical (unpaired) electrons. The van der Waals surface area contributed by atoms with Gasteiger partial charge in [0.05, 0.1) is 34.0 Å². The highest BCUT2D eigenvalue weighted by Crippen LogP contribution is 2.39. The molecule has 0 saturated heterocycles. The van der Waals surface area contributed by atoms with E-state index in [1.807, 2.05) is 0 Å². The van der Waals surface area contributed by atoms with Gasteiger partial charge < -0.3 is 9.38 Å². The smallest absolute Gasteiger partial charge is 0.0738 e. The number of aliphatic imine (C=N–C) groups is 2. The molecular formula is C56H42N4. The van der Waals surface area contributed by atoms with Crippen molar-refractivity contribution in [3.63, 3.8) is 0 Å². The molecule has 0 spiro atoms. The van der Waals surface area contributed by atoms with E-state index in [0.29, 0.717) is 0 Å². The Morgan fingerprint density at radius 3 is 1.43 bits per heavy atom. The molecule has 4 heteroatoms. The topological polar surface area (TPSA) is 44.9 Å². The SMILES string of the molecule is Cc1ccc(C2=C3C=CC(=N3)C(c3ccc(C)cc3)=c3ccc([nH]3)=C(c3ccc(C)cc3)c3cc(n4cc5ccccc5cc34)C(c3ccc(C)cc3)=C3C=CC2=N3)cc1. The van der Waals surface area contributed by atoms with E-state index in [1.165, 1.54) is 33.0 Å². The van der Waals surface area contributed by atoms with E-state index in [-0.39, 0.29) is 0 Å². The minimum absolute atomic E-state index is 0.882. The van der Waals surface area contributed by atoms with Crippen LogP contribution in [0.3, 0.4) is 0 Å². The van der Waals surface area contributed by atoms with Gasteiger partial charge in [0.15, 0.2) is 0 Å². The number of hydrogen-bond acceptors (Lipinski definition) is 2. The lowest BCUT2D eigenvalue weighted by Crippen LogP contribution is -2.19. The Bertz CT molecular complexity index is 3390. The maximum Gasteiger partial charge on any atom is 0.0738 e. The highest BCUT2D eigenvalue weighted by molar-refractivity contribution is 6.35. The van der Waals surface area contributed by atoms with Crippen molar-refractivity contribution in [2.24, 2.45) is 9.98 Å². The Morgan fingerprint density at radius 1 is 0.417 bits per heavy atom. The Hall–Kier alpha value is -7.56. The van der Waals surface area contributed by atoms with Crippen LogP contribution in [0, 0.1) is 27.7 Å². The Balaban J connectivity index is 1.34. The van der Waals surface area contributed by atoms with Crippen LogP contribution in [0.15, 0.2) is 197 Å². The summed E-state index contributed by atoms with van der Waals surface area (Å²) in [6, 6.07) is 53.1. The zero-order valence-electron chi connectivity index (χ0n) is 34.1. The summed E-state index contributed by atoms with van der Waals surface area (Å²) in [6.07, 6.45) is 11.0. The first-order chi connectivity index (χ1) is 29.3. The number of aryl methyl sites for hydroxylation is 4. The molecule has 6 heterocycles. The van der Waals surface area contributed by atoms with Crippen molar-refractivity contribution >= 4 is 50.0 Å². The number of pyridine rings is 1. The second kappa shape index (κ2) is 14.1. The van der Waals surface area contributed by atoms with E-state index in [1.54, 1.807) is 0 Å². The van der Waals surface area contributed by atoms with Gasteiger partial charge in [-0.2, -0.15) is 0 Å². The van der Waals surface area contributed by atoms with E-state index in [2.05, 4.69) is 213 Å². The molecule has 0 fully saturated rings. The molecule has 0 aliphatic carbocycles. The minimum Gasteiger partial charge on any atom is -0.354 e. The molecule has 8 bridgehead atoms. The van der Waals surface area contributed by atoms with Crippen LogP contribution in [-0.4, -0.2) is 20.8 Å². The van der Waals surface area contributed by atoms with Crippen molar-refractivity contribution in [2.75, 3.05) is 0 Å². The fourth-order valence-electron chi connectivity index (χ4n) is 8.87. The third kappa shape index (κ3) is 6.08. The number of hydrogen-bond donors (Lipinski definition) is 1. The predicted molar refractivity (Wildman–Crippen MR) is 250 cm³/mol. The molecule has 3 aliphatic rings. The Kier molecular flexibility index (Phi) is 8.35. The van der Waals surface area contributed by atoms with Crippen LogP contribution >= 0.6 is 0 Å². The van der Waals surface area contributed by atoms with Gasteiger partial charge in [-0.15, -0.1) is 0 Å². The number of aromatic nitrogens is 2. The molecule has 286 valence electrons. The average Bonchev–Trinajstić information content (AvgIpc) is 4.10. The lowest BCUT2D eigenvalue weighted by atomic mass is 9.95. The fourth-order valence-corrected chi connectivity index (χ4v) is 8.87. The zero-order chi connectivity index (χ0) is 40.5. The normalized spacial score (nSPS) is 14.9. The molecular weight excluding hydrogens is 729 g/mol. The predicted octanol–water partition coefficient (Wildman–Crippen LogP) is 11.3. The van der Waals surface area contributed by atoms with Crippen molar-refractivity contribution in [1.29, 1.82) is 0 Å². The highest BCUT2D eigenvalue weighted by atomic mass is 14.9. The van der Waals surface area contributed by atoms with Crippen molar-refractivity contribution < 1.29 is 0 Å². The zero-order valence-corrected chi connectivity index (χ0v) is 34.1. The van der Waals surface area contributed by atoms with E-state index < -0.39 is 0 Å². The van der Waals surface area contributed by atoms with Crippen LogP contribution < -0.4 is 10.7 Å². The summed E-state index contributed by atoms with van der Waals surface area (Å²) in [5, 5.41) is 4.39. The van der Waals surface area contributed by atoms with Crippen LogP contribution in [0.5, 0.6) is 0 Å². The fraction of sp³-hybridized carbons (Fsp3) is 0.0714. The number of aromatic amines is 1. The molecule has 0 amide bonds. The third-order valence-electron chi connectivity index (χ3n) is 12.0. The Morgan fingerprint density at radius 2 is 0.867 bits per heavy atom. The molecule has 4 nitrogen and oxygen atoms in total. The molecule has 8 aromatic rings. The number of fused-ring (bicyclic) bond motifs is 10. The van der Waals surface area contributed by atoms with Crippen LogP contribution in [0.1, 0.15) is 55.8 Å². The quantitative estimate of drug-likeness (QED) is 0.185. The van der Waals surface area contributed by atoms with Crippen molar-refractivity contribution in [2.45, 2.75) is 27.7 Å². The molecule has 60 heavy (non-hydrogen) atoms. The number of rotatable bonds is 4. The van der Waals surface area contributed by atoms with Crippen LogP contribution in [0.2, 0.25) is 0 Å². The first kappa shape index (κ1) is 35.6. The van der Waals surface area contributed by atoms with E-state index in [9.17, 15) is 0 Å². The van der Waals surface area contributed by atoms with Crippen molar-refractivity contribution in [3.05, 3.63) is 254 Å². The van der Waals surface area contributed by atoms with Gasteiger partial charge in [0, 0.05) is 44.8 Å². The summed E-state index contributed by atoms with van der Waals surface area (Å²) in [7, 11) is 0. The van der Waals surface area contributed by atoms with Crippen molar-refractivity contribution in [3.8, 4) is 0 Å². The molecule has 11 rings (SSSR count). The number of benzene rings is 5. The maximum atomic E-state index is 5.57. The number of H-pyrrole nitrogens is 1. The van der Waals surface area contributed by atoms with Gasteiger partial charge in [-0.05, 0) is 109 Å². The van der Waals surface area contributed by atoms with Gasteiger partial charge in [-0.25, -0.2) is 9.98 Å². The highest BCUT2D eigenvalue weighted by Gasteiger charge is 2.26. The molecule has 0 atom stereocenters. The Labute approximate surface area is 349 Å². The van der Waals surface area contributed by atoms with Crippen molar-refractivity contribution in [1.82, 2.24) is 9.38 Å². The van der Waals surface area contributed by atoms with Gasteiger partial charge in [0.1, 0.15) is 0 Å². The van der Waals surface area contributed by atoms with Gasteiger partial charge >= 0.3 is 0 Å². The summed E-state index contributed by atoms with van der Waals surface area (Å²) < 4.78 is 2.39. The standard InChI is InChI=1S/C56H42N4/c1-34-9-17-38(18-10-34)53-44-32-52(60-33-43-8-6-5-7-42(43)31-51(44)60)56(41-23-15-37(4)16-24-41)50-30-29-49(59-50)55(40-21-13-36(3)14-22-40)48-28-27-47(58-48)54(46-26-25-45(53)57-46)39-19-11-35(2)12-20-39/h5-33,57H,1-4H3. The first-order valence-corrected chi connectivity index (χ1v) is 20.6. The minimum atomic E-state index is 0.882. The maximum absolute atomic E-state index is 5.57. The van der Waals surface area contributed by atoms with Gasteiger partial charge in [-0.1, -0.05) is 144 Å². The second-order valence-corrected chi connectivity index (χ2v) is 16.3. The number of nitrogens with one attached hydrogen (secondary N) is 1. The summed E-state index contributed by atoms with van der Waals surface area (Å²) >= 11 is 0. The average molecular weight is 771 g/mol. The third-order valence-corrected chi connectivity index (χ3v) is 12.0. The largest absolute Gasteiger partial charge is 0.354 e. The summed E-state index contributed by atoms with van der Waals surface area (Å²) in [6.45, 7) is 8.55. The van der Waals surface area contributed by atoms with Gasteiger partial charge in [-0.3, -0.25) is 0 Å². The molecule has 3 aromatic heterocycles. The second-order valence-electron chi connectivity index (χ2n) is 16.3. The first-order valence-electron chi connectivity index (χ1n) is 20.6. The van der Waals surface area contributed by atoms with Crippen LogP contribution in [-0.2, 0) is 0 Å². The van der Waals surface area contributed by atoms with E-state index in [4.69, 9.17) is 9.98 Å². The van der Waals surface area contributed by atoms with Gasteiger partial charge in [0.2, 0.25) is 0 Å². The number of allylic oxidation sites excluding steroid dienone is 5. The molecule has 0 saturated carbocycles.